The maximum Gasteiger partial charge on any atom is 0.224 e. The van der Waals surface area contributed by atoms with Crippen molar-refractivity contribution in [2.24, 2.45) is 0 Å². The molecule has 0 aliphatic carbocycles. The Labute approximate surface area is 119 Å². The van der Waals surface area contributed by atoms with E-state index in [1.807, 2.05) is 25.1 Å². The largest absolute Gasteiger partial charge is 0.354 e. The summed E-state index contributed by atoms with van der Waals surface area (Å²) in [6, 6.07) is 7.42. The van der Waals surface area contributed by atoms with E-state index >= 15 is 0 Å². The second-order valence-corrected chi connectivity index (χ2v) is 4.72. The first-order chi connectivity index (χ1) is 8.70. The molecule has 0 aliphatic heterocycles. The Morgan fingerprint density at radius 3 is 2.94 bits per heavy atom. The summed E-state index contributed by atoms with van der Waals surface area (Å²) in [5.41, 5.74) is 0.864. The molecule has 1 heterocycles. The van der Waals surface area contributed by atoms with Crippen LogP contribution in [0.15, 0.2) is 34.9 Å². The first-order valence-electron chi connectivity index (χ1n) is 5.48. The Kier molecular flexibility index (Phi) is 4.38. The van der Waals surface area contributed by atoms with Crippen molar-refractivity contribution in [3.8, 4) is 0 Å². The van der Waals surface area contributed by atoms with E-state index < -0.39 is 0 Å². The van der Waals surface area contributed by atoms with Crippen LogP contribution in [0.3, 0.4) is 0 Å². The molecule has 0 saturated carbocycles. The summed E-state index contributed by atoms with van der Waals surface area (Å²) >= 11 is 9.46. The highest BCUT2D eigenvalue weighted by Gasteiger charge is 2.05. The quantitative estimate of drug-likeness (QED) is 0.889. The van der Waals surface area contributed by atoms with Crippen LogP contribution in [0, 0.1) is 0 Å². The van der Waals surface area contributed by atoms with Crippen LogP contribution < -0.4 is 10.6 Å². The van der Waals surface area contributed by atoms with Gasteiger partial charge in [0.1, 0.15) is 5.82 Å². The number of anilines is 3. The molecule has 18 heavy (non-hydrogen) atoms. The van der Waals surface area contributed by atoms with E-state index in [4.69, 9.17) is 11.6 Å². The van der Waals surface area contributed by atoms with Gasteiger partial charge < -0.3 is 10.6 Å². The molecular formula is C12H12BrClN4. The van der Waals surface area contributed by atoms with Gasteiger partial charge in [-0.1, -0.05) is 17.7 Å². The summed E-state index contributed by atoms with van der Waals surface area (Å²) in [6.45, 7) is 2.78. The molecule has 2 N–H and O–H groups in total. The molecule has 0 atom stereocenters. The zero-order chi connectivity index (χ0) is 13.0. The molecule has 2 rings (SSSR count). The van der Waals surface area contributed by atoms with Gasteiger partial charge in [0.2, 0.25) is 5.95 Å². The lowest BCUT2D eigenvalue weighted by molar-refractivity contribution is 1.09. The highest BCUT2D eigenvalue weighted by molar-refractivity contribution is 9.10. The Bertz CT molecular complexity index is 547. The highest BCUT2D eigenvalue weighted by Crippen LogP contribution is 2.31. The minimum absolute atomic E-state index is 0.598. The molecule has 0 saturated heterocycles. The number of rotatable bonds is 4. The third-order valence-electron chi connectivity index (χ3n) is 2.20. The van der Waals surface area contributed by atoms with Gasteiger partial charge in [-0.25, -0.2) is 4.98 Å². The molecule has 94 valence electrons. The van der Waals surface area contributed by atoms with Gasteiger partial charge in [-0.15, -0.1) is 0 Å². The average molecular weight is 328 g/mol. The summed E-state index contributed by atoms with van der Waals surface area (Å²) in [7, 11) is 0. The number of halogens is 2. The van der Waals surface area contributed by atoms with Crippen molar-refractivity contribution >= 4 is 45.0 Å². The van der Waals surface area contributed by atoms with Crippen molar-refractivity contribution in [3.05, 3.63) is 40.0 Å². The summed E-state index contributed by atoms with van der Waals surface area (Å²) in [5, 5.41) is 6.90. The molecule has 0 spiro atoms. The minimum atomic E-state index is 0.598. The zero-order valence-electron chi connectivity index (χ0n) is 9.74. The molecule has 0 aliphatic rings. The van der Waals surface area contributed by atoms with Crippen LogP contribution in [0.2, 0.25) is 5.02 Å². The van der Waals surface area contributed by atoms with Gasteiger partial charge in [0.05, 0.1) is 15.2 Å². The first-order valence-corrected chi connectivity index (χ1v) is 6.65. The van der Waals surface area contributed by atoms with Crippen molar-refractivity contribution in [3.63, 3.8) is 0 Å². The van der Waals surface area contributed by atoms with Gasteiger partial charge in [-0.3, -0.25) is 0 Å². The fourth-order valence-electron chi connectivity index (χ4n) is 1.41. The lowest BCUT2D eigenvalue weighted by Gasteiger charge is -2.09. The van der Waals surface area contributed by atoms with E-state index in [0.717, 1.165) is 16.7 Å². The smallest absolute Gasteiger partial charge is 0.224 e. The van der Waals surface area contributed by atoms with Gasteiger partial charge in [0.25, 0.3) is 0 Å². The van der Waals surface area contributed by atoms with E-state index in [0.29, 0.717) is 16.8 Å². The first kappa shape index (κ1) is 13.1. The molecule has 2 aromatic rings. The third-order valence-corrected chi connectivity index (χ3v) is 3.60. The van der Waals surface area contributed by atoms with Crippen LogP contribution >= 0.6 is 27.5 Å². The summed E-state index contributed by atoms with van der Waals surface area (Å²) in [5.74, 6) is 1.31. The van der Waals surface area contributed by atoms with Gasteiger partial charge in [-0.2, -0.15) is 4.98 Å². The molecule has 0 amide bonds. The highest BCUT2D eigenvalue weighted by atomic mass is 79.9. The molecule has 0 fully saturated rings. The van der Waals surface area contributed by atoms with Gasteiger partial charge in [-0.05, 0) is 41.1 Å². The maximum absolute atomic E-state index is 6.03. The van der Waals surface area contributed by atoms with Crippen molar-refractivity contribution < 1.29 is 0 Å². The van der Waals surface area contributed by atoms with Crippen LogP contribution in [0.5, 0.6) is 0 Å². The fourth-order valence-corrected chi connectivity index (χ4v) is 1.95. The molecule has 6 heteroatoms. The van der Waals surface area contributed by atoms with Crippen molar-refractivity contribution in [2.45, 2.75) is 6.92 Å². The predicted octanol–water partition coefficient (Wildman–Crippen LogP) is 4.07. The molecule has 1 aromatic heterocycles. The number of hydrogen-bond donors (Lipinski definition) is 2. The second kappa shape index (κ2) is 6.02. The number of nitrogens with one attached hydrogen (secondary N) is 2. The average Bonchev–Trinajstić information content (AvgIpc) is 2.36. The van der Waals surface area contributed by atoms with Crippen LogP contribution in [-0.4, -0.2) is 16.5 Å². The van der Waals surface area contributed by atoms with Crippen molar-refractivity contribution in [1.82, 2.24) is 9.97 Å². The molecule has 1 aromatic carbocycles. The Morgan fingerprint density at radius 2 is 2.17 bits per heavy atom. The molecule has 4 nitrogen and oxygen atoms in total. The van der Waals surface area contributed by atoms with Gasteiger partial charge in [0, 0.05) is 12.7 Å². The summed E-state index contributed by atoms with van der Waals surface area (Å²) in [4.78, 5) is 8.44. The van der Waals surface area contributed by atoms with Crippen LogP contribution in [0.25, 0.3) is 0 Å². The van der Waals surface area contributed by atoms with Crippen LogP contribution in [0.4, 0.5) is 17.5 Å². The third kappa shape index (κ3) is 3.11. The second-order valence-electron chi connectivity index (χ2n) is 3.52. The normalized spacial score (nSPS) is 10.2. The van der Waals surface area contributed by atoms with E-state index in [1.165, 1.54) is 0 Å². The van der Waals surface area contributed by atoms with Crippen LogP contribution in [-0.2, 0) is 0 Å². The van der Waals surface area contributed by atoms with Gasteiger partial charge in [0.15, 0.2) is 0 Å². The topological polar surface area (TPSA) is 49.8 Å². The number of aromatic nitrogens is 2. The van der Waals surface area contributed by atoms with Gasteiger partial charge >= 0.3 is 0 Å². The molecular weight excluding hydrogens is 316 g/mol. The Morgan fingerprint density at radius 1 is 1.33 bits per heavy atom. The zero-order valence-corrected chi connectivity index (χ0v) is 12.1. The Hall–Kier alpha value is -1.33. The molecule has 0 radical (unpaired) electrons. The number of hydrogen-bond acceptors (Lipinski definition) is 4. The summed E-state index contributed by atoms with van der Waals surface area (Å²) < 4.78 is 0.815. The van der Waals surface area contributed by atoms with Crippen molar-refractivity contribution in [2.75, 3.05) is 17.2 Å². The number of nitrogens with zero attached hydrogens (tertiary/aromatic N) is 2. The lowest BCUT2D eigenvalue weighted by atomic mass is 10.3. The molecule has 0 bridgehead atoms. The van der Waals surface area contributed by atoms with E-state index in [1.54, 1.807) is 12.3 Å². The predicted molar refractivity (Wildman–Crippen MR) is 78.6 cm³/mol. The monoisotopic (exact) mass is 326 g/mol. The lowest BCUT2D eigenvalue weighted by Crippen LogP contribution is -2.03. The maximum atomic E-state index is 6.03. The number of benzene rings is 1. The van der Waals surface area contributed by atoms with Crippen molar-refractivity contribution in [1.29, 1.82) is 0 Å². The SMILES string of the molecule is CCNc1nccc(Nc2cccc(Cl)c2Br)n1. The van der Waals surface area contributed by atoms with E-state index in [2.05, 4.69) is 36.5 Å². The fraction of sp³-hybridized carbons (Fsp3) is 0.167. The van der Waals surface area contributed by atoms with E-state index in [-0.39, 0.29) is 0 Å². The van der Waals surface area contributed by atoms with Crippen LogP contribution in [0.1, 0.15) is 6.92 Å². The van der Waals surface area contributed by atoms with E-state index in [9.17, 15) is 0 Å². The minimum Gasteiger partial charge on any atom is -0.354 e. The standard InChI is InChI=1S/C12H12BrClN4/c1-2-15-12-16-7-6-10(18-12)17-9-5-3-4-8(14)11(9)13/h3-7H,2H2,1H3,(H2,15,16,17,18). The summed E-state index contributed by atoms with van der Waals surface area (Å²) in [6.07, 6.45) is 1.70. The molecule has 0 unspecified atom stereocenters. The Balaban J connectivity index is 2.23.